The number of nitrogens with zero attached hydrogens (tertiary/aromatic N) is 1. The average molecular weight is 337 g/mol. The molecule has 25 heavy (non-hydrogen) atoms. The van der Waals surface area contributed by atoms with E-state index in [2.05, 4.69) is 5.32 Å². The lowest BCUT2D eigenvalue weighted by atomic mass is 10.1. The van der Waals surface area contributed by atoms with E-state index in [0.29, 0.717) is 24.3 Å². The first kappa shape index (κ1) is 16.7. The van der Waals surface area contributed by atoms with Gasteiger partial charge in [-0.15, -0.1) is 0 Å². The third-order valence-corrected chi connectivity index (χ3v) is 4.24. The first-order valence-corrected chi connectivity index (χ1v) is 8.05. The Morgan fingerprint density at radius 1 is 1.08 bits per heavy atom. The fourth-order valence-electron chi connectivity index (χ4n) is 2.87. The quantitative estimate of drug-likeness (QED) is 0.871. The second kappa shape index (κ2) is 7.17. The Morgan fingerprint density at radius 3 is 2.40 bits per heavy atom. The van der Waals surface area contributed by atoms with Crippen LogP contribution < -0.4 is 11.1 Å². The van der Waals surface area contributed by atoms with Crippen molar-refractivity contribution in [3.63, 3.8) is 0 Å². The lowest BCUT2D eigenvalue weighted by Crippen LogP contribution is -2.28. The number of anilines is 1. The standard InChI is InChI=1S/C19H19N3O3/c20-18(24)14-6-8-16(9-7-14)21-19(25)15-10-17(23)22(12-15)11-13-4-2-1-3-5-13/h1-9,15H,10-12H2,(H2,20,24)(H,21,25)/t15-/m0/s1. The highest BCUT2D eigenvalue weighted by molar-refractivity contribution is 5.98. The topological polar surface area (TPSA) is 92.5 Å². The maximum atomic E-state index is 12.4. The van der Waals surface area contributed by atoms with Crippen LogP contribution in [-0.4, -0.2) is 29.2 Å². The van der Waals surface area contributed by atoms with Gasteiger partial charge in [0.2, 0.25) is 17.7 Å². The lowest BCUT2D eigenvalue weighted by molar-refractivity contribution is -0.128. The van der Waals surface area contributed by atoms with Crippen LogP contribution in [0.3, 0.4) is 0 Å². The minimum atomic E-state index is -0.518. The van der Waals surface area contributed by atoms with Gasteiger partial charge in [0.1, 0.15) is 0 Å². The molecule has 3 amide bonds. The molecule has 2 aromatic rings. The Kier molecular flexibility index (Phi) is 4.79. The second-order valence-corrected chi connectivity index (χ2v) is 6.09. The molecule has 3 N–H and O–H groups in total. The van der Waals surface area contributed by atoms with E-state index in [4.69, 9.17) is 5.73 Å². The highest BCUT2D eigenvalue weighted by atomic mass is 16.2. The monoisotopic (exact) mass is 337 g/mol. The number of benzene rings is 2. The van der Waals surface area contributed by atoms with E-state index in [1.165, 1.54) is 0 Å². The Balaban J connectivity index is 1.59. The first-order chi connectivity index (χ1) is 12.0. The minimum absolute atomic E-state index is 0.0203. The molecular formula is C19H19N3O3. The van der Waals surface area contributed by atoms with E-state index in [1.54, 1.807) is 29.2 Å². The maximum absolute atomic E-state index is 12.4. The molecule has 6 nitrogen and oxygen atoms in total. The lowest BCUT2D eigenvalue weighted by Gasteiger charge is -2.16. The Bertz CT molecular complexity index is 787. The van der Waals surface area contributed by atoms with Crippen LogP contribution in [0.5, 0.6) is 0 Å². The molecule has 0 bridgehead atoms. The summed E-state index contributed by atoms with van der Waals surface area (Å²) < 4.78 is 0. The van der Waals surface area contributed by atoms with Gasteiger partial charge >= 0.3 is 0 Å². The number of rotatable bonds is 5. The average Bonchev–Trinajstić information content (AvgIpc) is 2.97. The molecule has 0 unspecified atom stereocenters. The van der Waals surface area contributed by atoms with Crippen LogP contribution in [0.1, 0.15) is 22.3 Å². The van der Waals surface area contributed by atoms with Crippen molar-refractivity contribution in [3.8, 4) is 0 Å². The molecule has 0 aromatic heterocycles. The van der Waals surface area contributed by atoms with Crippen LogP contribution in [0.4, 0.5) is 5.69 Å². The third kappa shape index (κ3) is 4.03. The van der Waals surface area contributed by atoms with Gasteiger partial charge in [-0.2, -0.15) is 0 Å². The summed E-state index contributed by atoms with van der Waals surface area (Å²) in [5, 5.41) is 2.79. The molecule has 0 aliphatic carbocycles. The summed E-state index contributed by atoms with van der Waals surface area (Å²) in [7, 11) is 0. The molecule has 1 heterocycles. The maximum Gasteiger partial charge on any atom is 0.248 e. The first-order valence-electron chi connectivity index (χ1n) is 8.05. The number of amides is 3. The zero-order chi connectivity index (χ0) is 17.8. The number of nitrogens with two attached hydrogens (primary N) is 1. The van der Waals surface area contributed by atoms with E-state index in [1.807, 2.05) is 30.3 Å². The number of hydrogen-bond donors (Lipinski definition) is 2. The van der Waals surface area contributed by atoms with Gasteiger partial charge in [0.25, 0.3) is 0 Å². The molecular weight excluding hydrogens is 318 g/mol. The number of likely N-dealkylation sites (tertiary alicyclic amines) is 1. The van der Waals surface area contributed by atoms with Crippen molar-refractivity contribution in [2.45, 2.75) is 13.0 Å². The Morgan fingerprint density at radius 2 is 1.76 bits per heavy atom. The normalized spacial score (nSPS) is 16.7. The number of hydrogen-bond acceptors (Lipinski definition) is 3. The van der Waals surface area contributed by atoms with Crippen LogP contribution in [-0.2, 0) is 16.1 Å². The van der Waals surface area contributed by atoms with E-state index in [-0.39, 0.29) is 24.2 Å². The van der Waals surface area contributed by atoms with Gasteiger partial charge in [0.05, 0.1) is 5.92 Å². The van der Waals surface area contributed by atoms with Gasteiger partial charge in [-0.05, 0) is 29.8 Å². The summed E-state index contributed by atoms with van der Waals surface area (Å²) in [6.07, 6.45) is 0.206. The fraction of sp³-hybridized carbons (Fsp3) is 0.211. The van der Waals surface area contributed by atoms with E-state index < -0.39 is 5.91 Å². The van der Waals surface area contributed by atoms with Crippen molar-refractivity contribution in [3.05, 3.63) is 65.7 Å². The largest absolute Gasteiger partial charge is 0.366 e. The summed E-state index contributed by atoms with van der Waals surface area (Å²) in [5.74, 6) is -1.12. The van der Waals surface area contributed by atoms with Gasteiger partial charge in [-0.25, -0.2) is 0 Å². The Hall–Kier alpha value is -3.15. The summed E-state index contributed by atoms with van der Waals surface area (Å²) in [6, 6.07) is 16.1. The SMILES string of the molecule is NC(=O)c1ccc(NC(=O)[C@H]2CC(=O)N(Cc3ccccc3)C2)cc1. The molecule has 2 aromatic carbocycles. The molecule has 1 fully saturated rings. The van der Waals surface area contributed by atoms with Crippen LogP contribution in [0.25, 0.3) is 0 Å². The van der Waals surface area contributed by atoms with Crippen molar-refractivity contribution in [2.24, 2.45) is 11.7 Å². The number of carbonyl (C=O) groups excluding carboxylic acids is 3. The zero-order valence-electron chi connectivity index (χ0n) is 13.6. The van der Waals surface area contributed by atoms with E-state index in [0.717, 1.165) is 5.56 Å². The summed E-state index contributed by atoms with van der Waals surface area (Å²) in [4.78, 5) is 37.3. The molecule has 1 aliphatic heterocycles. The molecule has 1 atom stereocenters. The highest BCUT2D eigenvalue weighted by Crippen LogP contribution is 2.22. The third-order valence-electron chi connectivity index (χ3n) is 4.24. The van der Waals surface area contributed by atoms with Crippen LogP contribution in [0.2, 0.25) is 0 Å². The zero-order valence-corrected chi connectivity index (χ0v) is 13.6. The minimum Gasteiger partial charge on any atom is -0.366 e. The Labute approximate surface area is 145 Å². The van der Waals surface area contributed by atoms with Gasteiger partial charge in [-0.3, -0.25) is 14.4 Å². The predicted molar refractivity (Wildman–Crippen MR) is 93.6 cm³/mol. The fourth-order valence-corrected chi connectivity index (χ4v) is 2.87. The van der Waals surface area contributed by atoms with Crippen molar-refractivity contribution in [1.29, 1.82) is 0 Å². The number of nitrogens with one attached hydrogen (secondary N) is 1. The molecule has 3 rings (SSSR count). The van der Waals surface area contributed by atoms with Crippen LogP contribution >= 0.6 is 0 Å². The van der Waals surface area contributed by atoms with Crippen LogP contribution in [0, 0.1) is 5.92 Å². The van der Waals surface area contributed by atoms with Gasteiger partial charge in [0.15, 0.2) is 0 Å². The highest BCUT2D eigenvalue weighted by Gasteiger charge is 2.34. The van der Waals surface area contributed by atoms with Crippen molar-refractivity contribution in [2.75, 3.05) is 11.9 Å². The summed E-state index contributed by atoms with van der Waals surface area (Å²) >= 11 is 0. The molecule has 128 valence electrons. The predicted octanol–water partition coefficient (Wildman–Crippen LogP) is 1.77. The van der Waals surface area contributed by atoms with Gasteiger partial charge in [0, 0.05) is 30.8 Å². The van der Waals surface area contributed by atoms with Crippen molar-refractivity contribution < 1.29 is 14.4 Å². The smallest absolute Gasteiger partial charge is 0.248 e. The van der Waals surface area contributed by atoms with Crippen molar-refractivity contribution in [1.82, 2.24) is 4.90 Å². The molecule has 0 saturated carbocycles. The summed E-state index contributed by atoms with van der Waals surface area (Å²) in [6.45, 7) is 0.912. The second-order valence-electron chi connectivity index (χ2n) is 6.09. The number of carbonyl (C=O) groups is 3. The van der Waals surface area contributed by atoms with Gasteiger partial charge < -0.3 is 16.0 Å². The number of primary amides is 1. The van der Waals surface area contributed by atoms with Crippen LogP contribution in [0.15, 0.2) is 54.6 Å². The molecule has 6 heteroatoms. The van der Waals surface area contributed by atoms with Gasteiger partial charge in [-0.1, -0.05) is 30.3 Å². The molecule has 0 radical (unpaired) electrons. The van der Waals surface area contributed by atoms with E-state index in [9.17, 15) is 14.4 Å². The van der Waals surface area contributed by atoms with E-state index >= 15 is 0 Å². The van der Waals surface area contributed by atoms with Crippen molar-refractivity contribution >= 4 is 23.4 Å². The molecule has 1 aliphatic rings. The molecule has 0 spiro atoms. The summed E-state index contributed by atoms with van der Waals surface area (Å²) in [5.41, 5.74) is 7.18. The molecule has 1 saturated heterocycles.